The van der Waals surface area contributed by atoms with Crippen LogP contribution in [0.15, 0.2) is 82.8 Å². The first-order valence-corrected chi connectivity index (χ1v) is 7.96. The monoisotopic (exact) mass is 349 g/mol. The molecule has 0 spiro atoms. The number of hydrazone groups is 1. The lowest BCUT2D eigenvalue weighted by atomic mass is 10.2. The first-order valence-electron chi connectivity index (χ1n) is 7.96. The van der Waals surface area contributed by atoms with E-state index in [1.54, 1.807) is 18.3 Å². The number of nitrogens with zero attached hydrogens (tertiary/aromatic N) is 2. The van der Waals surface area contributed by atoms with Crippen molar-refractivity contribution in [3.05, 3.63) is 106 Å². The quantitative estimate of drug-likeness (QED) is 0.569. The summed E-state index contributed by atoms with van der Waals surface area (Å²) in [6.45, 7) is 0.368. The lowest BCUT2D eigenvalue weighted by Crippen LogP contribution is -2.30. The average molecular weight is 349 g/mol. The SMILES string of the molecule is O=C(N/N=C\c1cccc(F)c1)c1cccn(Cc2ccccc2)c1=O. The van der Waals surface area contributed by atoms with Gasteiger partial charge in [0.2, 0.25) is 0 Å². The van der Waals surface area contributed by atoms with E-state index in [9.17, 15) is 14.0 Å². The Hall–Kier alpha value is -3.54. The topological polar surface area (TPSA) is 63.5 Å². The van der Waals surface area contributed by atoms with Crippen LogP contribution in [0.4, 0.5) is 4.39 Å². The lowest BCUT2D eigenvalue weighted by molar-refractivity contribution is 0.0953. The molecular formula is C20H16FN3O2. The van der Waals surface area contributed by atoms with Gasteiger partial charge in [-0.2, -0.15) is 5.10 Å². The average Bonchev–Trinajstić information content (AvgIpc) is 2.64. The van der Waals surface area contributed by atoms with E-state index in [1.807, 2.05) is 30.3 Å². The predicted octanol–water partition coefficient (Wildman–Crippen LogP) is 2.80. The Morgan fingerprint density at radius 1 is 1.08 bits per heavy atom. The molecule has 0 aliphatic heterocycles. The van der Waals surface area contributed by atoms with Crippen LogP contribution in [0.1, 0.15) is 21.5 Å². The third kappa shape index (κ3) is 4.30. The number of halogens is 1. The highest BCUT2D eigenvalue weighted by atomic mass is 19.1. The Kier molecular flexibility index (Phi) is 5.34. The molecule has 1 N–H and O–H groups in total. The summed E-state index contributed by atoms with van der Waals surface area (Å²) in [6.07, 6.45) is 2.94. The zero-order chi connectivity index (χ0) is 18.4. The number of aromatic nitrogens is 1. The fraction of sp³-hybridized carbons (Fsp3) is 0.0500. The van der Waals surface area contributed by atoms with Crippen molar-refractivity contribution in [2.24, 2.45) is 5.10 Å². The molecule has 0 atom stereocenters. The molecular weight excluding hydrogens is 333 g/mol. The van der Waals surface area contributed by atoms with Crippen molar-refractivity contribution in [3.8, 4) is 0 Å². The summed E-state index contributed by atoms with van der Waals surface area (Å²) in [6, 6.07) is 18.3. The third-order valence-corrected chi connectivity index (χ3v) is 3.69. The van der Waals surface area contributed by atoms with Gasteiger partial charge >= 0.3 is 0 Å². The van der Waals surface area contributed by atoms with Crippen molar-refractivity contribution >= 4 is 12.1 Å². The van der Waals surface area contributed by atoms with Crippen LogP contribution < -0.4 is 11.0 Å². The highest BCUT2D eigenvalue weighted by Gasteiger charge is 2.11. The maximum absolute atomic E-state index is 13.1. The van der Waals surface area contributed by atoms with Crippen LogP contribution >= 0.6 is 0 Å². The third-order valence-electron chi connectivity index (χ3n) is 3.69. The number of carbonyl (C=O) groups is 1. The van der Waals surface area contributed by atoms with Gasteiger partial charge in [0.15, 0.2) is 0 Å². The van der Waals surface area contributed by atoms with E-state index in [0.29, 0.717) is 12.1 Å². The van der Waals surface area contributed by atoms with E-state index in [2.05, 4.69) is 10.5 Å². The summed E-state index contributed by atoms with van der Waals surface area (Å²) < 4.78 is 14.6. The number of benzene rings is 2. The maximum Gasteiger partial charge on any atom is 0.276 e. The van der Waals surface area contributed by atoms with Crippen LogP contribution in [0.5, 0.6) is 0 Å². The minimum atomic E-state index is -0.620. The van der Waals surface area contributed by atoms with Gasteiger partial charge in [-0.25, -0.2) is 9.82 Å². The predicted molar refractivity (Wildman–Crippen MR) is 97.7 cm³/mol. The van der Waals surface area contributed by atoms with Crippen LogP contribution in [0.25, 0.3) is 0 Å². The smallest absolute Gasteiger partial charge is 0.276 e. The van der Waals surface area contributed by atoms with Crippen molar-refractivity contribution in [2.75, 3.05) is 0 Å². The summed E-state index contributed by atoms with van der Waals surface area (Å²) in [5.74, 6) is -1.02. The van der Waals surface area contributed by atoms with Crippen molar-refractivity contribution < 1.29 is 9.18 Å². The van der Waals surface area contributed by atoms with E-state index in [-0.39, 0.29) is 5.56 Å². The highest BCUT2D eigenvalue weighted by Crippen LogP contribution is 2.02. The van der Waals surface area contributed by atoms with Gasteiger partial charge < -0.3 is 4.57 Å². The molecule has 0 fully saturated rings. The number of rotatable bonds is 5. The molecule has 5 nitrogen and oxygen atoms in total. The Morgan fingerprint density at radius 3 is 2.65 bits per heavy atom. The van der Waals surface area contributed by atoms with E-state index >= 15 is 0 Å². The van der Waals surface area contributed by atoms with Crippen LogP contribution in [0, 0.1) is 5.82 Å². The standard InChI is InChI=1S/C20H16FN3O2/c21-17-9-4-8-16(12-17)13-22-23-19(25)18-10-5-11-24(20(18)26)14-15-6-2-1-3-7-15/h1-13H,14H2,(H,23,25)/b22-13-. The normalized spacial score (nSPS) is 10.8. The zero-order valence-corrected chi connectivity index (χ0v) is 13.8. The zero-order valence-electron chi connectivity index (χ0n) is 13.8. The molecule has 26 heavy (non-hydrogen) atoms. The second kappa shape index (κ2) is 8.02. The van der Waals surface area contributed by atoms with Gasteiger partial charge in [0, 0.05) is 6.20 Å². The van der Waals surface area contributed by atoms with Crippen molar-refractivity contribution in [1.29, 1.82) is 0 Å². The molecule has 0 unspecified atom stereocenters. The number of nitrogens with one attached hydrogen (secondary N) is 1. The molecule has 130 valence electrons. The van der Waals surface area contributed by atoms with Gasteiger partial charge in [0.25, 0.3) is 11.5 Å². The number of hydrogen-bond acceptors (Lipinski definition) is 3. The van der Waals surface area contributed by atoms with E-state index in [0.717, 1.165) is 5.56 Å². The van der Waals surface area contributed by atoms with Crippen molar-refractivity contribution in [1.82, 2.24) is 9.99 Å². The van der Waals surface area contributed by atoms with E-state index in [4.69, 9.17) is 0 Å². The van der Waals surface area contributed by atoms with Gasteiger partial charge in [0.1, 0.15) is 11.4 Å². The van der Waals surface area contributed by atoms with Crippen molar-refractivity contribution in [2.45, 2.75) is 6.54 Å². The van der Waals surface area contributed by atoms with Crippen LogP contribution in [-0.4, -0.2) is 16.7 Å². The summed E-state index contributed by atoms with van der Waals surface area (Å²) in [4.78, 5) is 24.7. The molecule has 0 aliphatic carbocycles. The number of carbonyl (C=O) groups excluding carboxylic acids is 1. The summed E-state index contributed by atoms with van der Waals surface area (Å²) >= 11 is 0. The summed E-state index contributed by atoms with van der Waals surface area (Å²) in [7, 11) is 0. The Bertz CT molecular complexity index is 997. The fourth-order valence-electron chi connectivity index (χ4n) is 2.43. The van der Waals surface area contributed by atoms with Crippen LogP contribution in [0.3, 0.4) is 0 Å². The molecule has 0 saturated carbocycles. The largest absolute Gasteiger partial charge is 0.310 e. The molecule has 0 aliphatic rings. The van der Waals surface area contributed by atoms with E-state index in [1.165, 1.54) is 35.0 Å². The van der Waals surface area contributed by atoms with Gasteiger partial charge in [-0.15, -0.1) is 0 Å². The Morgan fingerprint density at radius 2 is 1.88 bits per heavy atom. The molecule has 3 rings (SSSR count). The number of pyridine rings is 1. The van der Waals surface area contributed by atoms with Gasteiger partial charge in [-0.1, -0.05) is 42.5 Å². The first kappa shape index (κ1) is 17.3. The number of amides is 1. The Labute approximate surface area is 149 Å². The summed E-state index contributed by atoms with van der Waals surface area (Å²) in [5, 5.41) is 3.77. The molecule has 1 aromatic heterocycles. The fourth-order valence-corrected chi connectivity index (χ4v) is 2.43. The van der Waals surface area contributed by atoms with Crippen LogP contribution in [0.2, 0.25) is 0 Å². The number of hydrogen-bond donors (Lipinski definition) is 1. The molecule has 1 heterocycles. The molecule has 0 bridgehead atoms. The summed E-state index contributed by atoms with van der Waals surface area (Å²) in [5.41, 5.74) is 3.33. The molecule has 1 amide bonds. The molecule has 3 aromatic rings. The second-order valence-electron chi connectivity index (χ2n) is 5.59. The second-order valence-corrected chi connectivity index (χ2v) is 5.59. The Balaban J connectivity index is 1.73. The minimum absolute atomic E-state index is 0.0141. The van der Waals surface area contributed by atoms with Gasteiger partial charge in [0.05, 0.1) is 12.8 Å². The van der Waals surface area contributed by atoms with Gasteiger partial charge in [-0.05, 0) is 35.4 Å². The molecule has 0 radical (unpaired) electrons. The lowest BCUT2D eigenvalue weighted by Gasteiger charge is -2.07. The van der Waals surface area contributed by atoms with Crippen LogP contribution in [-0.2, 0) is 6.54 Å². The maximum atomic E-state index is 13.1. The first-order chi connectivity index (χ1) is 12.6. The molecule has 2 aromatic carbocycles. The molecule has 6 heteroatoms. The molecule has 0 saturated heterocycles. The highest BCUT2D eigenvalue weighted by molar-refractivity contribution is 5.94. The minimum Gasteiger partial charge on any atom is -0.310 e. The van der Waals surface area contributed by atoms with Crippen molar-refractivity contribution in [3.63, 3.8) is 0 Å². The van der Waals surface area contributed by atoms with Gasteiger partial charge in [-0.3, -0.25) is 9.59 Å². The van der Waals surface area contributed by atoms with E-state index < -0.39 is 17.3 Å².